The Bertz CT molecular complexity index is 1610. The molecule has 196 valence electrons. The molecule has 0 aliphatic carbocycles. The Morgan fingerprint density at radius 1 is 1.18 bits per heavy atom. The summed E-state index contributed by atoms with van der Waals surface area (Å²) in [4.78, 5) is 14.2. The molecule has 1 atom stereocenters. The average molecular weight is 554 g/mol. The van der Waals surface area contributed by atoms with Crippen molar-refractivity contribution in [3.63, 3.8) is 0 Å². The molecule has 0 amide bonds. The average Bonchev–Trinajstić information content (AvgIpc) is 3.68. The molecular weight excluding hydrogens is 529 g/mol. The van der Waals surface area contributed by atoms with E-state index in [1.54, 1.807) is 20.3 Å². The van der Waals surface area contributed by atoms with E-state index in [9.17, 15) is 4.39 Å². The lowest BCUT2D eigenvalue weighted by atomic mass is 10.1. The van der Waals surface area contributed by atoms with E-state index in [1.807, 2.05) is 29.1 Å². The summed E-state index contributed by atoms with van der Waals surface area (Å²) in [6.45, 7) is 4.44. The molecular formula is C26H24FN5O4S2. The molecule has 12 heteroatoms. The summed E-state index contributed by atoms with van der Waals surface area (Å²) in [7, 11) is 3.24. The van der Waals surface area contributed by atoms with Crippen molar-refractivity contribution in [3.8, 4) is 33.5 Å². The Labute approximate surface area is 225 Å². The van der Waals surface area contributed by atoms with Gasteiger partial charge in [0, 0.05) is 41.9 Å². The highest BCUT2D eigenvalue weighted by atomic mass is 32.2. The number of thiazole rings is 1. The number of hydrogen-bond donors (Lipinski definition) is 1. The number of imidazole rings is 1. The summed E-state index contributed by atoms with van der Waals surface area (Å²) < 4.78 is 38.8. The van der Waals surface area contributed by atoms with E-state index in [1.165, 1.54) is 35.4 Å². The fourth-order valence-corrected chi connectivity index (χ4v) is 6.05. The number of fused-ring (bicyclic) bond motifs is 2. The molecule has 0 saturated carbocycles. The first kappa shape index (κ1) is 24.7. The molecule has 1 unspecified atom stereocenters. The molecule has 1 aromatic carbocycles. The molecule has 0 bridgehead atoms. The lowest BCUT2D eigenvalue weighted by molar-refractivity contribution is 0.187. The molecule has 0 saturated heterocycles. The number of nitrogens with one attached hydrogen (secondary N) is 1. The van der Waals surface area contributed by atoms with Gasteiger partial charge in [0.2, 0.25) is 5.95 Å². The van der Waals surface area contributed by atoms with Crippen molar-refractivity contribution < 1.29 is 23.0 Å². The zero-order valence-electron chi connectivity index (χ0n) is 21.0. The summed E-state index contributed by atoms with van der Waals surface area (Å²) in [5, 5.41) is 2.31. The van der Waals surface area contributed by atoms with E-state index in [-0.39, 0.29) is 18.1 Å². The molecule has 9 nitrogen and oxygen atoms in total. The third-order valence-electron chi connectivity index (χ3n) is 6.00. The second-order valence-electron chi connectivity index (χ2n) is 8.88. The van der Waals surface area contributed by atoms with Crippen molar-refractivity contribution in [1.29, 1.82) is 0 Å². The number of ether oxygens (including phenoxy) is 3. The molecule has 1 aliphatic heterocycles. The van der Waals surface area contributed by atoms with Crippen LogP contribution < -0.4 is 14.9 Å². The predicted octanol–water partition coefficient (Wildman–Crippen LogP) is 6.24. The number of methoxy groups -OCH3 is 2. The number of benzene rings is 1. The molecule has 4 aromatic heterocycles. The van der Waals surface area contributed by atoms with Crippen LogP contribution in [0.15, 0.2) is 52.3 Å². The zero-order valence-corrected chi connectivity index (χ0v) is 22.7. The third kappa shape index (κ3) is 4.59. The van der Waals surface area contributed by atoms with Gasteiger partial charge in [-0.15, -0.1) is 11.3 Å². The Morgan fingerprint density at radius 3 is 2.79 bits per heavy atom. The molecule has 0 spiro atoms. The Kier molecular flexibility index (Phi) is 6.46. The minimum Gasteiger partial charge on any atom is -0.496 e. The first-order valence-electron chi connectivity index (χ1n) is 11.8. The maximum atomic E-state index is 13.7. The SMILES string of the molecule is COc1cc(OCc2nc(-c3ccnc(F)c3)sc2C(C)C)c2cc(-c3cn4c(n3)SC(OC)N4)oc2c1. The molecule has 6 rings (SSSR count). The van der Waals surface area contributed by atoms with Crippen molar-refractivity contribution in [1.82, 2.24) is 19.6 Å². The van der Waals surface area contributed by atoms with E-state index in [0.717, 1.165) is 26.1 Å². The van der Waals surface area contributed by atoms with Crippen LogP contribution in [0.2, 0.25) is 0 Å². The monoisotopic (exact) mass is 553 g/mol. The van der Waals surface area contributed by atoms with Gasteiger partial charge in [-0.2, -0.15) is 4.39 Å². The van der Waals surface area contributed by atoms with Gasteiger partial charge in [-0.3, -0.25) is 5.43 Å². The summed E-state index contributed by atoms with van der Waals surface area (Å²) in [6.07, 6.45) is 3.31. The Hall–Kier alpha value is -3.61. The minimum atomic E-state index is -0.535. The van der Waals surface area contributed by atoms with Crippen LogP contribution in [-0.2, 0) is 11.3 Å². The highest BCUT2D eigenvalue weighted by Gasteiger charge is 2.25. The summed E-state index contributed by atoms with van der Waals surface area (Å²) >= 11 is 3.01. The van der Waals surface area contributed by atoms with Crippen LogP contribution in [0.1, 0.15) is 30.3 Å². The predicted molar refractivity (Wildman–Crippen MR) is 144 cm³/mol. The van der Waals surface area contributed by atoms with E-state index in [4.69, 9.17) is 23.6 Å². The first-order chi connectivity index (χ1) is 18.4. The second-order valence-corrected chi connectivity index (χ2v) is 10.9. The van der Waals surface area contributed by atoms with Crippen LogP contribution in [0.25, 0.3) is 33.0 Å². The molecule has 1 N–H and O–H groups in total. The van der Waals surface area contributed by atoms with Crippen molar-refractivity contribution in [3.05, 3.63) is 59.2 Å². The van der Waals surface area contributed by atoms with Crippen LogP contribution in [0.4, 0.5) is 4.39 Å². The van der Waals surface area contributed by atoms with Gasteiger partial charge in [0.25, 0.3) is 0 Å². The molecule has 0 fully saturated rings. The van der Waals surface area contributed by atoms with Crippen molar-refractivity contribution in [2.45, 2.75) is 37.1 Å². The zero-order chi connectivity index (χ0) is 26.4. The van der Waals surface area contributed by atoms with Crippen LogP contribution in [0, 0.1) is 5.95 Å². The number of aromatic nitrogens is 4. The fourth-order valence-electron chi connectivity index (χ4n) is 4.16. The number of nitrogens with zero attached hydrogens (tertiary/aromatic N) is 4. The van der Waals surface area contributed by atoms with E-state index >= 15 is 0 Å². The quantitative estimate of drug-likeness (QED) is 0.224. The number of thioether (sulfide) groups is 1. The topological polar surface area (TPSA) is 96.5 Å². The van der Waals surface area contributed by atoms with Crippen molar-refractivity contribution >= 4 is 34.1 Å². The maximum Gasteiger partial charge on any atom is 0.213 e. The van der Waals surface area contributed by atoms with Gasteiger partial charge in [0.15, 0.2) is 16.5 Å². The van der Waals surface area contributed by atoms with Gasteiger partial charge in [-0.1, -0.05) is 13.8 Å². The molecule has 5 heterocycles. The first-order valence-corrected chi connectivity index (χ1v) is 13.5. The van der Waals surface area contributed by atoms with Gasteiger partial charge in [0.1, 0.15) is 34.4 Å². The Morgan fingerprint density at radius 2 is 2.05 bits per heavy atom. The number of halogens is 1. The maximum absolute atomic E-state index is 13.7. The van der Waals surface area contributed by atoms with Crippen LogP contribution in [-0.4, -0.2) is 39.4 Å². The highest BCUT2D eigenvalue weighted by Crippen LogP contribution is 2.39. The van der Waals surface area contributed by atoms with Crippen molar-refractivity contribution in [2.24, 2.45) is 0 Å². The van der Waals surface area contributed by atoms with Crippen LogP contribution >= 0.6 is 23.1 Å². The lowest BCUT2D eigenvalue weighted by Crippen LogP contribution is -2.19. The lowest BCUT2D eigenvalue weighted by Gasteiger charge is -2.10. The highest BCUT2D eigenvalue weighted by molar-refractivity contribution is 7.99. The van der Waals surface area contributed by atoms with Gasteiger partial charge < -0.3 is 18.6 Å². The largest absolute Gasteiger partial charge is 0.496 e. The van der Waals surface area contributed by atoms with Crippen LogP contribution in [0.5, 0.6) is 11.5 Å². The van der Waals surface area contributed by atoms with Crippen molar-refractivity contribution in [2.75, 3.05) is 19.6 Å². The van der Waals surface area contributed by atoms with E-state index in [2.05, 4.69) is 29.2 Å². The summed E-state index contributed by atoms with van der Waals surface area (Å²) in [6, 6.07) is 8.71. The molecule has 1 aliphatic rings. The molecule has 5 aromatic rings. The Balaban J connectivity index is 1.31. The van der Waals surface area contributed by atoms with E-state index in [0.29, 0.717) is 34.1 Å². The van der Waals surface area contributed by atoms with Gasteiger partial charge in [-0.25, -0.2) is 19.6 Å². The third-order valence-corrected chi connectivity index (χ3v) is 8.45. The smallest absolute Gasteiger partial charge is 0.213 e. The minimum absolute atomic E-state index is 0.175. The van der Waals surface area contributed by atoms with Crippen LogP contribution in [0.3, 0.4) is 0 Å². The normalized spacial score (nSPS) is 14.7. The summed E-state index contributed by atoms with van der Waals surface area (Å²) in [5.41, 5.74) is 5.81. The number of rotatable bonds is 8. The van der Waals surface area contributed by atoms with Gasteiger partial charge in [0.05, 0.1) is 24.4 Å². The number of furan rings is 1. The van der Waals surface area contributed by atoms with Gasteiger partial charge >= 0.3 is 0 Å². The van der Waals surface area contributed by atoms with E-state index < -0.39 is 5.95 Å². The standard InChI is InChI=1S/C26H24FN5O4S2/c1-13(2)23-18(29-24(37-23)14-5-6-28-22(27)7-14)12-35-19-8-15(33-3)9-20-16(19)10-21(36-20)17-11-32-25(30-17)38-26(31-32)34-4/h5-11,13,26,31H,12H2,1-4H3. The summed E-state index contributed by atoms with van der Waals surface area (Å²) in [5.74, 6) is 1.51. The van der Waals surface area contributed by atoms with Gasteiger partial charge in [-0.05, 0) is 29.8 Å². The molecule has 38 heavy (non-hydrogen) atoms. The number of hydrogen-bond acceptors (Lipinski definition) is 10. The number of pyridine rings is 1. The second kappa shape index (κ2) is 9.93. The fraction of sp³-hybridized carbons (Fsp3) is 0.269. The molecule has 0 radical (unpaired) electrons.